The predicted octanol–water partition coefficient (Wildman–Crippen LogP) is 5.28. The zero-order chi connectivity index (χ0) is 28.9. The molecule has 0 aliphatic carbocycles. The Morgan fingerprint density at radius 1 is 0.950 bits per heavy atom. The number of rotatable bonds is 7. The molecule has 0 atom stereocenters. The fourth-order valence-corrected chi connectivity index (χ4v) is 5.74. The summed E-state index contributed by atoms with van der Waals surface area (Å²) in [7, 11) is 0. The highest BCUT2D eigenvalue weighted by Gasteiger charge is 2.31. The van der Waals surface area contributed by atoms with Crippen molar-refractivity contribution in [2.45, 2.75) is 38.3 Å². The van der Waals surface area contributed by atoms with Gasteiger partial charge in [0, 0.05) is 44.3 Å². The highest BCUT2D eigenvalue weighted by molar-refractivity contribution is 7.80. The Kier molecular flexibility index (Phi) is 9.63. The molecule has 2 heterocycles. The molecule has 4 rings (SSSR count). The van der Waals surface area contributed by atoms with E-state index in [0.29, 0.717) is 66.6 Å². The lowest BCUT2D eigenvalue weighted by atomic mass is 9.93. The van der Waals surface area contributed by atoms with Gasteiger partial charge in [-0.15, -0.1) is 0 Å². The number of carbonyl (C=O) groups excluding carboxylic acids is 2. The number of aliphatic hydroxyl groups is 1. The lowest BCUT2D eigenvalue weighted by Gasteiger charge is -2.34. The summed E-state index contributed by atoms with van der Waals surface area (Å²) in [5.74, 6) is 0.0736. The van der Waals surface area contributed by atoms with Crippen LogP contribution in [0.1, 0.15) is 48.0 Å². The number of hydrogen-bond donors (Lipinski definition) is 2. The second-order valence-electron chi connectivity index (χ2n) is 10.4. The lowest BCUT2D eigenvalue weighted by Crippen LogP contribution is -2.45. The molecule has 2 aliphatic rings. The van der Waals surface area contributed by atoms with Crippen molar-refractivity contribution in [2.75, 3.05) is 32.8 Å². The average Bonchev–Trinajstić information content (AvgIpc) is 2.96. The molecule has 0 bridgehead atoms. The molecule has 0 aromatic heterocycles. The fourth-order valence-electron chi connectivity index (χ4n) is 5.38. The van der Waals surface area contributed by atoms with Gasteiger partial charge in [-0.05, 0) is 67.3 Å². The Labute approximate surface area is 237 Å². The van der Waals surface area contributed by atoms with Gasteiger partial charge < -0.3 is 20.2 Å². The van der Waals surface area contributed by atoms with Gasteiger partial charge in [-0.25, -0.2) is 0 Å². The zero-order valence-electron chi connectivity index (χ0n) is 22.3. The van der Waals surface area contributed by atoms with Crippen molar-refractivity contribution in [2.24, 2.45) is 11.8 Å². The molecule has 0 spiro atoms. The quantitative estimate of drug-likeness (QED) is 0.349. The molecule has 10 heteroatoms. The number of alkyl halides is 3. The molecule has 0 saturated carbocycles. The summed E-state index contributed by atoms with van der Waals surface area (Å²) in [6.07, 6.45) is -0.711. The maximum absolute atomic E-state index is 13.4. The SMILES string of the molecule is C=C(NC(=S)C1CCN(C(=O)c2ccccc2-c2ccc(C(F)(F)F)cc2)CC1)C(=O)N1CCC(CCO)CC1. The number of nitrogens with one attached hydrogen (secondary N) is 1. The lowest BCUT2D eigenvalue weighted by molar-refractivity contribution is -0.137. The van der Waals surface area contributed by atoms with Crippen molar-refractivity contribution < 1.29 is 27.9 Å². The standard InChI is InChI=1S/C30H34F3N3O3S/c1-20(28(38)35-15-10-21(11-16-35)14-19-37)34-27(40)23-12-17-36(18-13-23)29(39)26-5-3-2-4-25(26)22-6-8-24(9-7-22)30(31,32)33/h2-9,21,23,37H,1,10-19H2,(H,34,40). The molecule has 40 heavy (non-hydrogen) atoms. The number of thiocarbonyl (C=S) groups is 1. The molecule has 6 nitrogen and oxygen atoms in total. The fraction of sp³-hybridized carbons (Fsp3) is 0.433. The molecule has 2 aliphatic heterocycles. The van der Waals surface area contributed by atoms with Crippen molar-refractivity contribution in [1.29, 1.82) is 0 Å². The van der Waals surface area contributed by atoms with Crippen LogP contribution in [0.25, 0.3) is 11.1 Å². The maximum atomic E-state index is 13.4. The molecule has 0 unspecified atom stereocenters. The molecule has 2 fully saturated rings. The number of halogens is 3. The number of aliphatic hydroxyl groups excluding tert-OH is 1. The van der Waals surface area contributed by atoms with Crippen LogP contribution in [0.2, 0.25) is 0 Å². The average molecular weight is 574 g/mol. The number of hydrogen-bond acceptors (Lipinski definition) is 4. The molecular formula is C30H34F3N3O3S. The Hall–Kier alpha value is -3.24. The molecule has 2 aromatic rings. The van der Waals surface area contributed by atoms with Gasteiger partial charge in [0.15, 0.2) is 0 Å². The van der Waals surface area contributed by atoms with E-state index in [-0.39, 0.29) is 30.0 Å². The van der Waals surface area contributed by atoms with Crippen LogP contribution in [0.15, 0.2) is 60.8 Å². The monoisotopic (exact) mass is 573 g/mol. The first-order chi connectivity index (χ1) is 19.1. The third-order valence-electron chi connectivity index (χ3n) is 7.81. The van der Waals surface area contributed by atoms with E-state index < -0.39 is 11.7 Å². The maximum Gasteiger partial charge on any atom is 0.416 e. The smallest absolute Gasteiger partial charge is 0.396 e. The largest absolute Gasteiger partial charge is 0.416 e. The second-order valence-corrected chi connectivity index (χ2v) is 10.8. The van der Waals surface area contributed by atoms with E-state index >= 15 is 0 Å². The topological polar surface area (TPSA) is 72.9 Å². The van der Waals surface area contributed by atoms with Gasteiger partial charge in [-0.3, -0.25) is 9.59 Å². The highest BCUT2D eigenvalue weighted by atomic mass is 32.1. The predicted molar refractivity (Wildman–Crippen MR) is 151 cm³/mol. The van der Waals surface area contributed by atoms with Crippen LogP contribution in [0.3, 0.4) is 0 Å². The summed E-state index contributed by atoms with van der Waals surface area (Å²) >= 11 is 5.59. The van der Waals surface area contributed by atoms with E-state index in [1.807, 2.05) is 0 Å². The Morgan fingerprint density at radius 2 is 1.55 bits per heavy atom. The van der Waals surface area contributed by atoms with E-state index in [2.05, 4.69) is 11.9 Å². The minimum Gasteiger partial charge on any atom is -0.396 e. The number of likely N-dealkylation sites (tertiary alicyclic amines) is 2. The van der Waals surface area contributed by atoms with Crippen molar-refractivity contribution in [3.8, 4) is 11.1 Å². The van der Waals surface area contributed by atoms with Crippen molar-refractivity contribution >= 4 is 29.0 Å². The summed E-state index contributed by atoms with van der Waals surface area (Å²) in [4.78, 5) is 30.3. The van der Waals surface area contributed by atoms with E-state index in [1.165, 1.54) is 12.1 Å². The van der Waals surface area contributed by atoms with Crippen molar-refractivity contribution in [3.63, 3.8) is 0 Å². The van der Waals surface area contributed by atoms with Gasteiger partial charge >= 0.3 is 6.18 Å². The number of carbonyl (C=O) groups is 2. The molecule has 214 valence electrons. The molecular weight excluding hydrogens is 539 g/mol. The van der Waals surface area contributed by atoms with Gasteiger partial charge in [0.1, 0.15) is 0 Å². The normalized spacial score (nSPS) is 17.0. The Bertz CT molecular complexity index is 1230. The Balaban J connectivity index is 1.32. The molecule has 2 amide bonds. The summed E-state index contributed by atoms with van der Waals surface area (Å²) in [5.41, 5.74) is 1.06. The van der Waals surface area contributed by atoms with Gasteiger partial charge in [0.25, 0.3) is 11.8 Å². The second kappa shape index (κ2) is 13.0. The van der Waals surface area contributed by atoms with Crippen LogP contribution in [0.5, 0.6) is 0 Å². The van der Waals surface area contributed by atoms with E-state index in [1.54, 1.807) is 34.1 Å². The first-order valence-corrected chi connectivity index (χ1v) is 13.9. The van der Waals surface area contributed by atoms with Gasteiger partial charge in [-0.2, -0.15) is 13.2 Å². The summed E-state index contributed by atoms with van der Waals surface area (Å²) < 4.78 is 39.0. The van der Waals surface area contributed by atoms with Gasteiger partial charge in [0.05, 0.1) is 16.2 Å². The summed E-state index contributed by atoms with van der Waals surface area (Å²) in [6, 6.07) is 11.7. The van der Waals surface area contributed by atoms with E-state index in [0.717, 1.165) is 31.4 Å². The number of amides is 2. The highest BCUT2D eigenvalue weighted by Crippen LogP contribution is 2.32. The van der Waals surface area contributed by atoms with Gasteiger partial charge in [-0.1, -0.05) is 49.1 Å². The third kappa shape index (κ3) is 7.09. The number of piperidine rings is 2. The minimum absolute atomic E-state index is 0.0101. The van der Waals surface area contributed by atoms with Crippen LogP contribution < -0.4 is 5.32 Å². The van der Waals surface area contributed by atoms with Crippen LogP contribution in [0.4, 0.5) is 13.2 Å². The minimum atomic E-state index is -4.43. The summed E-state index contributed by atoms with van der Waals surface area (Å²) in [6.45, 7) is 6.26. The third-order valence-corrected chi connectivity index (χ3v) is 8.24. The van der Waals surface area contributed by atoms with E-state index in [4.69, 9.17) is 17.3 Å². The first-order valence-electron chi connectivity index (χ1n) is 13.5. The summed E-state index contributed by atoms with van der Waals surface area (Å²) in [5, 5.41) is 12.2. The van der Waals surface area contributed by atoms with Crippen molar-refractivity contribution in [1.82, 2.24) is 15.1 Å². The number of nitrogens with zero attached hydrogens (tertiary/aromatic N) is 2. The number of benzene rings is 2. The molecule has 0 radical (unpaired) electrons. The Morgan fingerprint density at radius 3 is 2.15 bits per heavy atom. The van der Waals surface area contributed by atoms with Crippen LogP contribution in [-0.4, -0.2) is 64.5 Å². The zero-order valence-corrected chi connectivity index (χ0v) is 23.1. The van der Waals surface area contributed by atoms with Gasteiger partial charge in [0.2, 0.25) is 0 Å². The van der Waals surface area contributed by atoms with Crippen LogP contribution >= 0.6 is 12.2 Å². The van der Waals surface area contributed by atoms with Crippen LogP contribution in [0, 0.1) is 11.8 Å². The van der Waals surface area contributed by atoms with E-state index in [9.17, 15) is 22.8 Å². The van der Waals surface area contributed by atoms with Crippen LogP contribution in [-0.2, 0) is 11.0 Å². The first kappa shape index (κ1) is 29.7. The molecule has 2 saturated heterocycles. The molecule has 2 N–H and O–H groups in total. The molecule has 2 aromatic carbocycles. The van der Waals surface area contributed by atoms with Crippen molar-refractivity contribution in [3.05, 3.63) is 71.9 Å².